The Morgan fingerprint density at radius 1 is 1.17 bits per heavy atom. The normalized spacial score (nSPS) is 11.4. The van der Waals surface area contributed by atoms with Crippen molar-refractivity contribution in [1.29, 1.82) is 0 Å². The topological polar surface area (TPSA) is 108 Å². The summed E-state index contributed by atoms with van der Waals surface area (Å²) in [7, 11) is 3.02. The summed E-state index contributed by atoms with van der Waals surface area (Å²) >= 11 is 0. The van der Waals surface area contributed by atoms with Crippen LogP contribution in [-0.4, -0.2) is 34.0 Å². The van der Waals surface area contributed by atoms with Gasteiger partial charge in [0.25, 0.3) is 5.56 Å². The Morgan fingerprint density at radius 2 is 1.97 bits per heavy atom. The molecule has 0 saturated carbocycles. The third-order valence-electron chi connectivity index (χ3n) is 5.21. The minimum atomic E-state index is -0.417. The smallest absolute Gasteiger partial charge is 0.332 e. The molecule has 4 aromatic rings. The summed E-state index contributed by atoms with van der Waals surface area (Å²) in [6.45, 7) is 2.80. The van der Waals surface area contributed by atoms with E-state index >= 15 is 0 Å². The molecule has 0 aromatic carbocycles. The van der Waals surface area contributed by atoms with Crippen molar-refractivity contribution in [2.45, 2.75) is 32.9 Å². The number of nitrogens with zero attached hydrogens (tertiary/aromatic N) is 6. The van der Waals surface area contributed by atoms with Gasteiger partial charge in [0.15, 0.2) is 11.2 Å². The maximum atomic E-state index is 12.4. The fourth-order valence-electron chi connectivity index (χ4n) is 3.54. The van der Waals surface area contributed by atoms with Crippen LogP contribution < -0.4 is 16.6 Å². The molecule has 4 heterocycles. The Labute approximate surface area is 171 Å². The summed E-state index contributed by atoms with van der Waals surface area (Å²) in [5.41, 5.74) is 2.64. The fourth-order valence-corrected chi connectivity index (χ4v) is 3.54. The predicted molar refractivity (Wildman–Crippen MR) is 111 cm³/mol. The highest BCUT2D eigenvalue weighted by molar-refractivity contribution is 5.75. The van der Waals surface area contributed by atoms with Gasteiger partial charge in [0.1, 0.15) is 5.65 Å². The molecule has 0 fully saturated rings. The van der Waals surface area contributed by atoms with E-state index in [1.165, 1.54) is 17.9 Å². The molecule has 1 N–H and O–H groups in total. The first kappa shape index (κ1) is 19.6. The second kappa shape index (κ2) is 7.62. The molecule has 10 heteroatoms. The summed E-state index contributed by atoms with van der Waals surface area (Å²) in [6.07, 6.45) is 6.20. The lowest BCUT2D eigenvalue weighted by atomic mass is 10.3. The van der Waals surface area contributed by atoms with Crippen LogP contribution in [0.1, 0.15) is 24.1 Å². The summed E-state index contributed by atoms with van der Waals surface area (Å²) in [6, 6.07) is 3.95. The summed E-state index contributed by atoms with van der Waals surface area (Å²) < 4.78 is 6.03. The maximum Gasteiger partial charge on any atom is 0.332 e. The number of pyridine rings is 1. The maximum absolute atomic E-state index is 12.4. The van der Waals surface area contributed by atoms with E-state index in [1.807, 2.05) is 35.9 Å². The Kier molecular flexibility index (Phi) is 4.98. The van der Waals surface area contributed by atoms with Crippen molar-refractivity contribution < 1.29 is 4.79 Å². The van der Waals surface area contributed by atoms with Gasteiger partial charge >= 0.3 is 5.69 Å². The third kappa shape index (κ3) is 3.40. The van der Waals surface area contributed by atoms with Crippen molar-refractivity contribution >= 4 is 22.7 Å². The van der Waals surface area contributed by atoms with Crippen LogP contribution in [0, 0.1) is 6.92 Å². The van der Waals surface area contributed by atoms with Crippen LogP contribution in [0.2, 0.25) is 0 Å². The largest absolute Gasteiger partial charge is 0.350 e. The average molecular weight is 409 g/mol. The molecule has 0 saturated heterocycles. The van der Waals surface area contributed by atoms with E-state index in [4.69, 9.17) is 0 Å². The SMILES string of the molecule is Cc1cccn2cc(CNC(=O)CCCn3cnc4c3c(=O)n(C)c(=O)n4C)nc12. The summed E-state index contributed by atoms with van der Waals surface area (Å²) in [5, 5.41) is 2.88. The van der Waals surface area contributed by atoms with Gasteiger partial charge in [0.05, 0.1) is 18.6 Å². The van der Waals surface area contributed by atoms with Crippen LogP contribution >= 0.6 is 0 Å². The van der Waals surface area contributed by atoms with Crippen molar-refractivity contribution in [3.63, 3.8) is 0 Å². The van der Waals surface area contributed by atoms with E-state index in [0.29, 0.717) is 37.1 Å². The molecule has 0 radical (unpaired) electrons. The molecule has 10 nitrogen and oxygen atoms in total. The number of aromatic nitrogens is 6. The number of carbonyl (C=O) groups is 1. The van der Waals surface area contributed by atoms with E-state index in [0.717, 1.165) is 21.5 Å². The van der Waals surface area contributed by atoms with Crippen molar-refractivity contribution in [3.05, 3.63) is 62.9 Å². The number of imidazole rings is 2. The molecule has 0 aliphatic heterocycles. The zero-order valence-corrected chi connectivity index (χ0v) is 17.1. The number of amides is 1. The van der Waals surface area contributed by atoms with E-state index < -0.39 is 11.2 Å². The Morgan fingerprint density at radius 3 is 2.73 bits per heavy atom. The van der Waals surface area contributed by atoms with Crippen molar-refractivity contribution in [2.75, 3.05) is 0 Å². The molecule has 0 unspecified atom stereocenters. The number of hydrogen-bond acceptors (Lipinski definition) is 5. The minimum Gasteiger partial charge on any atom is -0.350 e. The quantitative estimate of drug-likeness (QED) is 0.499. The molecule has 156 valence electrons. The average Bonchev–Trinajstić information content (AvgIpc) is 3.34. The predicted octanol–water partition coefficient (Wildman–Crippen LogP) is 0.486. The highest BCUT2D eigenvalue weighted by Crippen LogP contribution is 2.10. The van der Waals surface area contributed by atoms with Crippen LogP contribution in [0.15, 0.2) is 40.4 Å². The first-order valence-electron chi connectivity index (χ1n) is 9.67. The lowest BCUT2D eigenvalue weighted by Gasteiger charge is -2.07. The first-order chi connectivity index (χ1) is 14.4. The van der Waals surface area contributed by atoms with E-state index in [9.17, 15) is 14.4 Å². The minimum absolute atomic E-state index is 0.0894. The monoisotopic (exact) mass is 409 g/mol. The highest BCUT2D eigenvalue weighted by atomic mass is 16.2. The number of fused-ring (bicyclic) bond motifs is 2. The Balaban J connectivity index is 1.37. The number of nitrogens with one attached hydrogen (secondary N) is 1. The highest BCUT2D eigenvalue weighted by Gasteiger charge is 2.14. The van der Waals surface area contributed by atoms with Crippen molar-refractivity contribution in [3.8, 4) is 0 Å². The zero-order valence-electron chi connectivity index (χ0n) is 17.1. The fraction of sp³-hybridized carbons (Fsp3) is 0.350. The first-order valence-corrected chi connectivity index (χ1v) is 9.67. The molecule has 4 rings (SSSR count). The standard InChI is InChI=1S/C20H23N7O3/c1-13-6-4-8-26-11-14(23-17(13)26)10-21-15(28)7-5-9-27-12-22-18-16(27)19(29)25(3)20(30)24(18)2/h4,6,8,11-12H,5,7,9-10H2,1-3H3,(H,21,28). The van der Waals surface area contributed by atoms with Gasteiger partial charge in [-0.15, -0.1) is 0 Å². The van der Waals surface area contributed by atoms with Gasteiger partial charge in [-0.3, -0.25) is 18.7 Å². The zero-order chi connectivity index (χ0) is 21.4. The lowest BCUT2D eigenvalue weighted by Crippen LogP contribution is -2.37. The van der Waals surface area contributed by atoms with Crippen LogP contribution in [0.4, 0.5) is 0 Å². The van der Waals surface area contributed by atoms with Gasteiger partial charge in [-0.1, -0.05) is 6.07 Å². The molecular formula is C20H23N7O3. The van der Waals surface area contributed by atoms with Gasteiger partial charge in [-0.25, -0.2) is 14.8 Å². The van der Waals surface area contributed by atoms with Gasteiger partial charge < -0.3 is 14.3 Å². The number of rotatable bonds is 6. The second-order valence-corrected chi connectivity index (χ2v) is 7.35. The van der Waals surface area contributed by atoms with Gasteiger partial charge in [-0.05, 0) is 25.0 Å². The van der Waals surface area contributed by atoms with Gasteiger partial charge in [0, 0.05) is 39.5 Å². The number of hydrogen-bond donors (Lipinski definition) is 1. The van der Waals surface area contributed by atoms with Crippen LogP contribution in [0.25, 0.3) is 16.8 Å². The van der Waals surface area contributed by atoms with E-state index in [2.05, 4.69) is 15.3 Å². The molecule has 1 amide bonds. The molecule has 0 aliphatic carbocycles. The van der Waals surface area contributed by atoms with Gasteiger partial charge in [-0.2, -0.15) is 0 Å². The van der Waals surface area contributed by atoms with E-state index in [-0.39, 0.29) is 5.91 Å². The van der Waals surface area contributed by atoms with Crippen LogP contribution in [0.5, 0.6) is 0 Å². The molecule has 0 atom stereocenters. The number of aryl methyl sites for hydroxylation is 3. The van der Waals surface area contributed by atoms with Crippen LogP contribution in [0.3, 0.4) is 0 Å². The molecular weight excluding hydrogens is 386 g/mol. The molecule has 0 bridgehead atoms. The lowest BCUT2D eigenvalue weighted by molar-refractivity contribution is -0.121. The van der Waals surface area contributed by atoms with Gasteiger partial charge in [0.2, 0.25) is 5.91 Å². The van der Waals surface area contributed by atoms with E-state index in [1.54, 1.807) is 11.6 Å². The number of carbonyl (C=O) groups excluding carboxylic acids is 1. The summed E-state index contributed by atoms with van der Waals surface area (Å²) in [5.74, 6) is -0.0894. The third-order valence-corrected chi connectivity index (χ3v) is 5.21. The molecule has 4 aromatic heterocycles. The van der Waals surface area contributed by atoms with Crippen molar-refractivity contribution in [2.24, 2.45) is 14.1 Å². The Bertz CT molecular complexity index is 1370. The van der Waals surface area contributed by atoms with Crippen molar-refractivity contribution in [1.82, 2.24) is 33.4 Å². The molecule has 30 heavy (non-hydrogen) atoms. The molecule has 0 aliphatic rings. The van der Waals surface area contributed by atoms with Crippen LogP contribution in [-0.2, 0) is 32.0 Å². The summed E-state index contributed by atoms with van der Waals surface area (Å²) in [4.78, 5) is 45.4. The molecule has 0 spiro atoms. The second-order valence-electron chi connectivity index (χ2n) is 7.35. The Hall–Kier alpha value is -3.69.